The van der Waals surface area contributed by atoms with Gasteiger partial charge in [-0.3, -0.25) is 15.6 Å². The molecule has 2 aromatic rings. The number of hydrazine groups is 1. The highest BCUT2D eigenvalue weighted by Crippen LogP contribution is 2.17. The second kappa shape index (κ2) is 8.21. The maximum absolute atomic E-state index is 13.6. The zero-order chi connectivity index (χ0) is 17.5. The number of carbonyl (C=O) groups is 1. The van der Waals surface area contributed by atoms with Gasteiger partial charge in [-0.2, -0.15) is 0 Å². The molecule has 0 aromatic heterocycles. The summed E-state index contributed by atoms with van der Waals surface area (Å²) in [4.78, 5) is 11.9. The Hall–Kier alpha value is -2.74. The van der Waals surface area contributed by atoms with Crippen LogP contribution in [-0.4, -0.2) is 18.1 Å². The van der Waals surface area contributed by atoms with Crippen molar-refractivity contribution in [2.45, 2.75) is 6.54 Å². The number of amides is 1. The summed E-state index contributed by atoms with van der Waals surface area (Å²) < 4.78 is 31.1. The van der Waals surface area contributed by atoms with Crippen LogP contribution in [0.1, 0.15) is 15.9 Å². The molecule has 0 fully saturated rings. The molecule has 24 heavy (non-hydrogen) atoms. The summed E-state index contributed by atoms with van der Waals surface area (Å²) in [6, 6.07) is 9.75. The topological polar surface area (TPSA) is 62.4 Å². The van der Waals surface area contributed by atoms with E-state index in [1.54, 1.807) is 12.1 Å². The Balaban J connectivity index is 1.81. The van der Waals surface area contributed by atoms with E-state index in [4.69, 9.17) is 17.0 Å². The lowest BCUT2D eigenvalue weighted by molar-refractivity contribution is 0.0943. The Kier molecular flexibility index (Phi) is 6.02. The summed E-state index contributed by atoms with van der Waals surface area (Å²) >= 11 is 5.01. The molecular formula is C16H15F2N3O2S. The van der Waals surface area contributed by atoms with Crippen LogP contribution < -0.4 is 20.9 Å². The van der Waals surface area contributed by atoms with E-state index in [1.165, 1.54) is 31.4 Å². The number of nitrogens with one attached hydrogen (secondary N) is 3. The van der Waals surface area contributed by atoms with Crippen LogP contribution in [-0.2, 0) is 6.54 Å². The molecule has 0 saturated carbocycles. The zero-order valence-corrected chi connectivity index (χ0v) is 13.5. The minimum atomic E-state index is -0.637. The number of benzene rings is 2. The molecule has 1 amide bonds. The molecular weight excluding hydrogens is 336 g/mol. The normalized spacial score (nSPS) is 9.96. The van der Waals surface area contributed by atoms with Crippen LogP contribution in [0, 0.1) is 11.6 Å². The van der Waals surface area contributed by atoms with E-state index in [1.807, 2.05) is 0 Å². The minimum absolute atomic E-state index is 0.0518. The summed E-state index contributed by atoms with van der Waals surface area (Å²) in [6.07, 6.45) is 0. The van der Waals surface area contributed by atoms with Crippen molar-refractivity contribution in [2.75, 3.05) is 7.11 Å². The standard InChI is InChI=1S/C16H15F2N3O2S/c1-23-14-7-4-11(8-13(14)18)15(22)20-21-16(24)19-9-10-2-5-12(17)6-3-10/h2-8H,9H2,1H3,(H,20,22)(H2,19,21,24). The number of rotatable bonds is 4. The molecule has 8 heteroatoms. The highest BCUT2D eigenvalue weighted by Gasteiger charge is 2.10. The van der Waals surface area contributed by atoms with Gasteiger partial charge in [0.25, 0.3) is 5.91 Å². The number of halogens is 2. The first-order chi connectivity index (χ1) is 11.5. The highest BCUT2D eigenvalue weighted by molar-refractivity contribution is 7.80. The van der Waals surface area contributed by atoms with E-state index in [9.17, 15) is 13.6 Å². The highest BCUT2D eigenvalue weighted by atomic mass is 32.1. The first-order valence-corrected chi connectivity index (χ1v) is 7.32. The molecule has 0 atom stereocenters. The molecule has 0 spiro atoms. The average Bonchev–Trinajstić information content (AvgIpc) is 2.59. The Morgan fingerprint density at radius 2 is 1.83 bits per heavy atom. The monoisotopic (exact) mass is 351 g/mol. The molecule has 0 aliphatic carbocycles. The minimum Gasteiger partial charge on any atom is -0.494 e. The molecule has 0 aliphatic heterocycles. The maximum Gasteiger partial charge on any atom is 0.269 e. The number of ether oxygens (including phenoxy) is 1. The summed E-state index contributed by atoms with van der Waals surface area (Å²) in [7, 11) is 1.34. The maximum atomic E-state index is 13.6. The molecule has 0 aliphatic rings. The van der Waals surface area contributed by atoms with Gasteiger partial charge in [-0.15, -0.1) is 0 Å². The average molecular weight is 351 g/mol. The molecule has 0 radical (unpaired) electrons. The predicted octanol–water partition coefficient (Wildman–Crippen LogP) is 2.28. The summed E-state index contributed by atoms with van der Waals surface area (Å²) in [5.74, 6) is -1.46. The lowest BCUT2D eigenvalue weighted by Gasteiger charge is -2.12. The van der Waals surface area contributed by atoms with Gasteiger partial charge in [0.1, 0.15) is 5.82 Å². The van der Waals surface area contributed by atoms with Crippen molar-refractivity contribution >= 4 is 23.2 Å². The van der Waals surface area contributed by atoms with Crippen molar-refractivity contribution in [3.63, 3.8) is 0 Å². The fourth-order valence-electron chi connectivity index (χ4n) is 1.82. The van der Waals surface area contributed by atoms with Gasteiger partial charge in [0.2, 0.25) is 0 Å². The number of methoxy groups -OCH3 is 1. The van der Waals surface area contributed by atoms with Gasteiger partial charge in [0.05, 0.1) is 7.11 Å². The van der Waals surface area contributed by atoms with Crippen molar-refractivity contribution in [1.82, 2.24) is 16.2 Å². The number of carbonyl (C=O) groups excluding carboxylic acids is 1. The fourth-order valence-corrected chi connectivity index (χ4v) is 1.95. The molecule has 2 aromatic carbocycles. The third kappa shape index (κ3) is 4.88. The fraction of sp³-hybridized carbons (Fsp3) is 0.125. The second-order valence-electron chi connectivity index (χ2n) is 4.74. The third-order valence-corrected chi connectivity index (χ3v) is 3.32. The van der Waals surface area contributed by atoms with Crippen molar-refractivity contribution in [1.29, 1.82) is 0 Å². The second-order valence-corrected chi connectivity index (χ2v) is 5.15. The third-order valence-electron chi connectivity index (χ3n) is 3.07. The van der Waals surface area contributed by atoms with Gasteiger partial charge < -0.3 is 10.1 Å². The first kappa shape index (κ1) is 17.6. The van der Waals surface area contributed by atoms with Crippen LogP contribution in [0.4, 0.5) is 8.78 Å². The van der Waals surface area contributed by atoms with E-state index in [0.717, 1.165) is 11.6 Å². The smallest absolute Gasteiger partial charge is 0.269 e. The predicted molar refractivity (Wildman–Crippen MR) is 89.4 cm³/mol. The van der Waals surface area contributed by atoms with Gasteiger partial charge in [0, 0.05) is 12.1 Å². The first-order valence-electron chi connectivity index (χ1n) is 6.92. The molecule has 126 valence electrons. The summed E-state index contributed by atoms with van der Waals surface area (Å²) in [6.45, 7) is 0.360. The van der Waals surface area contributed by atoms with Crippen LogP contribution in [0.25, 0.3) is 0 Å². The number of hydrogen-bond acceptors (Lipinski definition) is 3. The van der Waals surface area contributed by atoms with E-state index in [2.05, 4.69) is 16.2 Å². The lowest BCUT2D eigenvalue weighted by Crippen LogP contribution is -2.46. The Bertz CT molecular complexity index is 739. The molecule has 2 rings (SSSR count). The lowest BCUT2D eigenvalue weighted by atomic mass is 10.2. The van der Waals surface area contributed by atoms with Crippen LogP contribution in [0.3, 0.4) is 0 Å². The van der Waals surface area contributed by atoms with Gasteiger partial charge >= 0.3 is 0 Å². The van der Waals surface area contributed by atoms with Crippen molar-refractivity contribution in [2.24, 2.45) is 0 Å². The van der Waals surface area contributed by atoms with E-state index < -0.39 is 11.7 Å². The van der Waals surface area contributed by atoms with Gasteiger partial charge in [-0.05, 0) is 48.1 Å². The zero-order valence-electron chi connectivity index (χ0n) is 12.7. The Morgan fingerprint density at radius 3 is 2.46 bits per heavy atom. The van der Waals surface area contributed by atoms with Gasteiger partial charge in [-0.1, -0.05) is 12.1 Å². The molecule has 0 saturated heterocycles. The van der Waals surface area contributed by atoms with Crippen LogP contribution in [0.15, 0.2) is 42.5 Å². The Morgan fingerprint density at radius 1 is 1.12 bits per heavy atom. The summed E-state index contributed by atoms with van der Waals surface area (Å²) in [5, 5.41) is 3.01. The van der Waals surface area contributed by atoms with Crippen molar-refractivity contribution in [3.05, 3.63) is 65.2 Å². The Labute approximate surface area is 143 Å². The SMILES string of the molecule is COc1ccc(C(=O)NNC(=S)NCc2ccc(F)cc2)cc1F. The number of hydrogen-bond donors (Lipinski definition) is 3. The van der Waals surface area contributed by atoms with Crippen molar-refractivity contribution in [3.8, 4) is 5.75 Å². The molecule has 3 N–H and O–H groups in total. The van der Waals surface area contributed by atoms with Gasteiger partial charge in [0.15, 0.2) is 16.7 Å². The largest absolute Gasteiger partial charge is 0.494 e. The van der Waals surface area contributed by atoms with Crippen LogP contribution >= 0.6 is 12.2 Å². The molecule has 0 unspecified atom stereocenters. The van der Waals surface area contributed by atoms with Gasteiger partial charge in [-0.25, -0.2) is 8.78 Å². The van der Waals surface area contributed by atoms with E-state index in [-0.39, 0.29) is 22.2 Å². The number of thiocarbonyl (C=S) groups is 1. The summed E-state index contributed by atoms with van der Waals surface area (Å²) in [5.41, 5.74) is 5.79. The quantitative estimate of drug-likeness (QED) is 0.583. The van der Waals surface area contributed by atoms with E-state index in [0.29, 0.717) is 6.54 Å². The van der Waals surface area contributed by atoms with Crippen LogP contribution in [0.2, 0.25) is 0 Å². The molecule has 0 bridgehead atoms. The van der Waals surface area contributed by atoms with Crippen LogP contribution in [0.5, 0.6) is 5.75 Å². The molecule has 0 heterocycles. The van der Waals surface area contributed by atoms with E-state index >= 15 is 0 Å². The molecule has 5 nitrogen and oxygen atoms in total. The van der Waals surface area contributed by atoms with Crippen molar-refractivity contribution < 1.29 is 18.3 Å².